The fourth-order valence-corrected chi connectivity index (χ4v) is 6.16. The molecule has 2 atom stereocenters. The summed E-state index contributed by atoms with van der Waals surface area (Å²) in [6.07, 6.45) is -2.33. The van der Waals surface area contributed by atoms with Crippen molar-refractivity contribution in [2.45, 2.75) is 76.9 Å². The summed E-state index contributed by atoms with van der Waals surface area (Å²) in [6, 6.07) is 7.76. The lowest BCUT2D eigenvalue weighted by Crippen LogP contribution is -2.56. The number of fused-ring (bicyclic) bond motifs is 1. The Morgan fingerprint density at radius 2 is 1.84 bits per heavy atom. The van der Waals surface area contributed by atoms with Crippen LogP contribution in [0.25, 0.3) is 0 Å². The Bertz CT molecular complexity index is 1390. The van der Waals surface area contributed by atoms with Crippen LogP contribution < -0.4 is 14.5 Å². The molecule has 2 saturated heterocycles. The Hall–Kier alpha value is -3.79. The molecule has 2 aromatic rings. The molecule has 5 rings (SSSR count). The molecule has 3 aliphatic heterocycles. The highest BCUT2D eigenvalue weighted by Gasteiger charge is 2.38. The molecule has 10 nitrogen and oxygen atoms in total. The van der Waals surface area contributed by atoms with Crippen LogP contribution >= 0.6 is 0 Å². The summed E-state index contributed by atoms with van der Waals surface area (Å²) < 4.78 is 53.4. The molecule has 0 bridgehead atoms. The quantitative estimate of drug-likeness (QED) is 0.451. The van der Waals surface area contributed by atoms with E-state index in [-0.39, 0.29) is 30.7 Å². The van der Waals surface area contributed by atoms with E-state index in [2.05, 4.69) is 18.0 Å². The zero-order valence-electron chi connectivity index (χ0n) is 25.7. The van der Waals surface area contributed by atoms with E-state index in [1.165, 1.54) is 12.1 Å². The van der Waals surface area contributed by atoms with Crippen molar-refractivity contribution in [2.75, 3.05) is 56.2 Å². The number of anilines is 2. The number of amides is 1. The maximum Gasteiger partial charge on any atom is 0.418 e. The number of carbonyl (C=O) groups is 1. The first kappa shape index (κ1) is 31.6. The fraction of sp³-hybridized carbons (Fsp3) is 0.613. The molecular weight excluding hydrogens is 575 g/mol. The third kappa shape index (κ3) is 7.12. The average Bonchev–Trinajstić information content (AvgIpc) is 3.38. The predicted octanol–water partition coefficient (Wildman–Crippen LogP) is 4.87. The zero-order chi connectivity index (χ0) is 31.6. The first-order chi connectivity index (χ1) is 20.8. The Kier molecular flexibility index (Phi) is 9.11. The largest absolute Gasteiger partial charge is 0.462 e. The number of likely N-dealkylation sites (N-methyl/N-ethyl adjacent to an activating group) is 1. The summed E-state index contributed by atoms with van der Waals surface area (Å²) in [5, 5.41) is 9.57. The summed E-state index contributed by atoms with van der Waals surface area (Å²) in [5.41, 5.74) is 0.210. The minimum Gasteiger partial charge on any atom is -0.462 e. The zero-order valence-corrected chi connectivity index (χ0v) is 25.7. The second-order valence-electron chi connectivity index (χ2n) is 12.7. The van der Waals surface area contributed by atoms with Crippen molar-refractivity contribution in [3.63, 3.8) is 0 Å². The molecule has 3 aliphatic rings. The average molecular weight is 616 g/mol. The van der Waals surface area contributed by atoms with Gasteiger partial charge >= 0.3 is 18.3 Å². The number of hydrogen-bond acceptors (Lipinski definition) is 9. The number of likely N-dealkylation sites (tertiary alicyclic amines) is 1. The summed E-state index contributed by atoms with van der Waals surface area (Å²) in [7, 11) is 2.05. The highest BCUT2D eigenvalue weighted by Crippen LogP contribution is 2.39. The van der Waals surface area contributed by atoms with Crippen molar-refractivity contribution in [2.24, 2.45) is 0 Å². The van der Waals surface area contributed by atoms with Gasteiger partial charge in [-0.1, -0.05) is 12.1 Å². The normalized spacial score (nSPS) is 21.2. The van der Waals surface area contributed by atoms with E-state index in [1.54, 1.807) is 36.6 Å². The van der Waals surface area contributed by atoms with Crippen LogP contribution in [0.5, 0.6) is 6.01 Å². The van der Waals surface area contributed by atoms with Crippen molar-refractivity contribution in [1.29, 1.82) is 5.26 Å². The summed E-state index contributed by atoms with van der Waals surface area (Å²) >= 11 is 0. The Labute approximate surface area is 256 Å². The molecule has 1 amide bonds. The van der Waals surface area contributed by atoms with Crippen molar-refractivity contribution in [1.82, 2.24) is 19.8 Å². The lowest BCUT2D eigenvalue weighted by atomic mass is 10.0. The van der Waals surface area contributed by atoms with Crippen molar-refractivity contribution in [3.8, 4) is 12.1 Å². The SMILES string of the molecule is CN1CCC[C@@H]1COc1nc2c(c(N3CCN(C(=O)OC(C)(C)C)[C@@H](CC#N)C3)n1)CCN(c1ccccc1C(F)(F)F)C2. The molecule has 13 heteroatoms. The summed E-state index contributed by atoms with van der Waals surface area (Å²) in [4.78, 5) is 30.1. The number of alkyl halides is 3. The third-order valence-corrected chi connectivity index (χ3v) is 8.39. The number of piperazine rings is 1. The number of aromatic nitrogens is 2. The molecule has 0 aliphatic carbocycles. The van der Waals surface area contributed by atoms with Gasteiger partial charge in [-0.05, 0) is 65.8 Å². The monoisotopic (exact) mass is 615 g/mol. The van der Waals surface area contributed by atoms with E-state index >= 15 is 0 Å². The Balaban J connectivity index is 1.45. The Morgan fingerprint density at radius 3 is 2.52 bits per heavy atom. The van der Waals surface area contributed by atoms with E-state index < -0.39 is 29.5 Å². The molecule has 4 heterocycles. The van der Waals surface area contributed by atoms with Gasteiger partial charge in [0, 0.05) is 43.5 Å². The molecule has 44 heavy (non-hydrogen) atoms. The van der Waals surface area contributed by atoms with E-state index in [0.717, 1.165) is 31.0 Å². The van der Waals surface area contributed by atoms with Crippen LogP contribution in [0, 0.1) is 11.3 Å². The molecule has 1 aromatic carbocycles. The number of nitrogens with zero attached hydrogens (tertiary/aromatic N) is 7. The fourth-order valence-electron chi connectivity index (χ4n) is 6.16. The van der Waals surface area contributed by atoms with Gasteiger partial charge < -0.3 is 29.1 Å². The number of hydrogen-bond donors (Lipinski definition) is 0. The van der Waals surface area contributed by atoms with E-state index in [0.29, 0.717) is 50.7 Å². The van der Waals surface area contributed by atoms with E-state index in [1.807, 2.05) is 4.90 Å². The number of benzene rings is 1. The van der Waals surface area contributed by atoms with E-state index in [9.17, 15) is 23.2 Å². The molecule has 0 saturated carbocycles. The lowest BCUT2D eigenvalue weighted by molar-refractivity contribution is -0.137. The number of halogens is 3. The summed E-state index contributed by atoms with van der Waals surface area (Å²) in [6.45, 7) is 8.42. The van der Waals surface area contributed by atoms with Crippen LogP contribution in [0.1, 0.15) is 56.9 Å². The predicted molar refractivity (Wildman–Crippen MR) is 159 cm³/mol. The van der Waals surface area contributed by atoms with Gasteiger partial charge in [0.1, 0.15) is 18.0 Å². The first-order valence-electron chi connectivity index (χ1n) is 15.1. The second-order valence-corrected chi connectivity index (χ2v) is 12.7. The van der Waals surface area contributed by atoms with Gasteiger partial charge in [0.25, 0.3) is 0 Å². The molecule has 1 aromatic heterocycles. The highest BCUT2D eigenvalue weighted by molar-refractivity contribution is 5.69. The van der Waals surface area contributed by atoms with Crippen LogP contribution in [0.2, 0.25) is 0 Å². The molecule has 0 unspecified atom stereocenters. The van der Waals surface area contributed by atoms with Crippen molar-refractivity contribution < 1.29 is 27.4 Å². The first-order valence-corrected chi connectivity index (χ1v) is 15.1. The molecule has 0 N–H and O–H groups in total. The van der Waals surface area contributed by atoms with Gasteiger partial charge in [-0.25, -0.2) is 4.79 Å². The minimum absolute atomic E-state index is 0.112. The number of rotatable bonds is 6. The standard InChI is InChI=1S/C31H40F3N7O3/c1-30(2,3)44-29(42)41-17-16-40(18-21(41)11-13-35)27-23-12-15-39(26-10-6-5-9-24(26)31(32,33)34)19-25(23)36-28(37-27)43-20-22-8-7-14-38(22)4/h5-6,9-10,21-22H,7-8,11-12,14-20H2,1-4H3/t21-,22+/m0/s1. The topological polar surface area (TPSA) is 98.1 Å². The number of carbonyl (C=O) groups excluding carboxylic acids is 1. The second kappa shape index (κ2) is 12.7. The third-order valence-electron chi connectivity index (χ3n) is 8.39. The van der Waals surface area contributed by atoms with Crippen LogP contribution in [0.3, 0.4) is 0 Å². The van der Waals surface area contributed by atoms with Crippen LogP contribution in [-0.4, -0.2) is 89.9 Å². The Morgan fingerprint density at radius 1 is 1.07 bits per heavy atom. The lowest BCUT2D eigenvalue weighted by Gasteiger charge is -2.42. The van der Waals surface area contributed by atoms with Crippen molar-refractivity contribution >= 4 is 17.6 Å². The minimum atomic E-state index is -4.49. The highest BCUT2D eigenvalue weighted by atomic mass is 19.4. The number of para-hydroxylation sites is 1. The van der Waals surface area contributed by atoms with Crippen LogP contribution in [0.15, 0.2) is 24.3 Å². The van der Waals surface area contributed by atoms with Gasteiger partial charge in [0.2, 0.25) is 0 Å². The molecule has 2 fully saturated rings. The smallest absolute Gasteiger partial charge is 0.418 e. The summed E-state index contributed by atoms with van der Waals surface area (Å²) in [5.74, 6) is 0.639. The molecular formula is C31H40F3N7O3. The van der Waals surface area contributed by atoms with E-state index in [4.69, 9.17) is 19.4 Å². The van der Waals surface area contributed by atoms with Gasteiger partial charge in [-0.3, -0.25) is 0 Å². The van der Waals surface area contributed by atoms with Gasteiger partial charge in [0.05, 0.1) is 36.3 Å². The van der Waals surface area contributed by atoms with Gasteiger partial charge in [0.15, 0.2) is 0 Å². The number of nitriles is 1. The molecule has 238 valence electrons. The molecule has 0 spiro atoms. The van der Waals surface area contributed by atoms with Crippen LogP contribution in [0.4, 0.5) is 29.5 Å². The van der Waals surface area contributed by atoms with Crippen LogP contribution in [-0.2, 0) is 23.9 Å². The maximum absolute atomic E-state index is 13.9. The maximum atomic E-state index is 13.9. The van der Waals surface area contributed by atoms with Gasteiger partial charge in [-0.15, -0.1) is 0 Å². The number of ether oxygens (including phenoxy) is 2. The van der Waals surface area contributed by atoms with Gasteiger partial charge in [-0.2, -0.15) is 28.4 Å². The van der Waals surface area contributed by atoms with Crippen molar-refractivity contribution in [3.05, 3.63) is 41.1 Å². The molecule has 0 radical (unpaired) electrons.